The number of anilines is 2. The summed E-state index contributed by atoms with van der Waals surface area (Å²) in [7, 11) is 2.05. The number of likely N-dealkylation sites (N-methyl/N-ethyl adjacent to an activating group) is 1. The molecule has 0 aliphatic rings. The Morgan fingerprint density at radius 3 is 2.52 bits per heavy atom. The van der Waals surface area contributed by atoms with Crippen LogP contribution in [0.4, 0.5) is 11.6 Å². The van der Waals surface area contributed by atoms with Gasteiger partial charge < -0.3 is 10.2 Å². The van der Waals surface area contributed by atoms with E-state index in [-0.39, 0.29) is 5.54 Å². The maximum Gasteiger partial charge on any atom is 0.133 e. The Hall–Kier alpha value is -2.17. The van der Waals surface area contributed by atoms with Gasteiger partial charge in [-0.3, -0.25) is 4.98 Å². The quantitative estimate of drug-likeness (QED) is 0.915. The van der Waals surface area contributed by atoms with Crippen molar-refractivity contribution >= 4 is 11.6 Å². The van der Waals surface area contributed by atoms with Gasteiger partial charge in [0.1, 0.15) is 18.0 Å². The molecule has 0 atom stereocenters. The van der Waals surface area contributed by atoms with Crippen LogP contribution in [0.25, 0.3) is 0 Å². The summed E-state index contributed by atoms with van der Waals surface area (Å²) in [6.45, 7) is 7.24. The molecule has 0 amide bonds. The second-order valence-corrected chi connectivity index (χ2v) is 6.16. The third kappa shape index (κ3) is 5.02. The van der Waals surface area contributed by atoms with Crippen molar-refractivity contribution in [2.45, 2.75) is 32.7 Å². The number of pyridine rings is 1. The molecule has 21 heavy (non-hydrogen) atoms. The van der Waals surface area contributed by atoms with Gasteiger partial charge in [0.25, 0.3) is 0 Å². The Bertz CT molecular complexity index is 562. The van der Waals surface area contributed by atoms with Gasteiger partial charge in [0.2, 0.25) is 0 Å². The molecule has 2 heterocycles. The van der Waals surface area contributed by atoms with Crippen LogP contribution in [0.3, 0.4) is 0 Å². The molecule has 0 aliphatic heterocycles. The number of rotatable bonds is 5. The largest absolute Gasteiger partial charge is 0.365 e. The van der Waals surface area contributed by atoms with Crippen LogP contribution in [0.15, 0.2) is 36.9 Å². The fraction of sp³-hybridized carbons (Fsp3) is 0.438. The molecule has 0 aromatic carbocycles. The number of nitrogens with one attached hydrogen (secondary N) is 1. The molecule has 112 valence electrons. The van der Waals surface area contributed by atoms with Gasteiger partial charge in [0.05, 0.1) is 0 Å². The van der Waals surface area contributed by atoms with E-state index in [2.05, 4.69) is 45.9 Å². The van der Waals surface area contributed by atoms with Crippen LogP contribution in [0.1, 0.15) is 26.3 Å². The van der Waals surface area contributed by atoms with E-state index in [1.54, 1.807) is 6.33 Å². The van der Waals surface area contributed by atoms with Gasteiger partial charge in [0, 0.05) is 37.6 Å². The molecule has 5 nitrogen and oxygen atoms in total. The van der Waals surface area contributed by atoms with Crippen LogP contribution in [-0.4, -0.2) is 34.1 Å². The molecule has 0 aliphatic carbocycles. The summed E-state index contributed by atoms with van der Waals surface area (Å²) in [6, 6.07) is 6.07. The zero-order chi connectivity index (χ0) is 15.3. The molecule has 2 aromatic rings. The molecular formula is C16H23N5. The van der Waals surface area contributed by atoms with Crippen molar-refractivity contribution in [1.82, 2.24) is 15.0 Å². The summed E-state index contributed by atoms with van der Waals surface area (Å²) in [5.41, 5.74) is 1.26. The normalized spacial score (nSPS) is 11.2. The Morgan fingerprint density at radius 1 is 1.14 bits per heavy atom. The highest BCUT2D eigenvalue weighted by atomic mass is 15.2. The molecular weight excluding hydrogens is 262 g/mol. The smallest absolute Gasteiger partial charge is 0.133 e. The number of nitrogens with zero attached hydrogens (tertiary/aromatic N) is 4. The predicted octanol–water partition coefficient (Wildman–Crippen LogP) is 2.76. The van der Waals surface area contributed by atoms with Crippen molar-refractivity contribution in [2.75, 3.05) is 23.8 Å². The SMILES string of the molecule is CN(CCc1ccncc1)c1cc(NC(C)(C)C)ncn1. The summed E-state index contributed by atoms with van der Waals surface area (Å²) in [5, 5.41) is 3.36. The van der Waals surface area contributed by atoms with Crippen molar-refractivity contribution in [3.8, 4) is 0 Å². The lowest BCUT2D eigenvalue weighted by atomic mass is 10.1. The average molecular weight is 285 g/mol. The van der Waals surface area contributed by atoms with E-state index in [1.807, 2.05) is 37.6 Å². The van der Waals surface area contributed by atoms with E-state index in [0.29, 0.717) is 0 Å². The van der Waals surface area contributed by atoms with Crippen molar-refractivity contribution in [1.29, 1.82) is 0 Å². The summed E-state index contributed by atoms with van der Waals surface area (Å²) in [6.07, 6.45) is 6.22. The minimum atomic E-state index is -0.0127. The zero-order valence-corrected chi connectivity index (χ0v) is 13.2. The third-order valence-corrected chi connectivity index (χ3v) is 3.03. The maximum atomic E-state index is 4.34. The lowest BCUT2D eigenvalue weighted by Crippen LogP contribution is -2.27. The van der Waals surface area contributed by atoms with E-state index < -0.39 is 0 Å². The van der Waals surface area contributed by atoms with E-state index >= 15 is 0 Å². The molecule has 0 fully saturated rings. The highest BCUT2D eigenvalue weighted by Gasteiger charge is 2.11. The summed E-state index contributed by atoms with van der Waals surface area (Å²) in [4.78, 5) is 14.8. The zero-order valence-electron chi connectivity index (χ0n) is 13.2. The Labute approximate surface area is 126 Å². The van der Waals surface area contributed by atoms with Crippen LogP contribution in [0, 0.1) is 0 Å². The first-order chi connectivity index (χ1) is 9.94. The lowest BCUT2D eigenvalue weighted by Gasteiger charge is -2.23. The number of hydrogen-bond donors (Lipinski definition) is 1. The molecule has 0 spiro atoms. The molecule has 0 bridgehead atoms. The minimum Gasteiger partial charge on any atom is -0.365 e. The molecule has 0 saturated heterocycles. The molecule has 1 N–H and O–H groups in total. The topological polar surface area (TPSA) is 53.9 Å². The van der Waals surface area contributed by atoms with Crippen LogP contribution in [0.2, 0.25) is 0 Å². The highest BCUT2D eigenvalue weighted by Crippen LogP contribution is 2.16. The number of aromatic nitrogens is 3. The van der Waals surface area contributed by atoms with Gasteiger partial charge in [-0.2, -0.15) is 0 Å². The Morgan fingerprint density at radius 2 is 1.86 bits per heavy atom. The Kier molecular flexibility index (Phi) is 4.73. The van der Waals surface area contributed by atoms with Gasteiger partial charge in [-0.25, -0.2) is 9.97 Å². The standard InChI is InChI=1S/C16H23N5/c1-16(2,3)20-14-11-15(19-12-18-14)21(4)10-7-13-5-8-17-9-6-13/h5-6,8-9,11-12H,7,10H2,1-4H3,(H,18,19,20). The molecule has 2 aromatic heterocycles. The van der Waals surface area contributed by atoms with Gasteiger partial charge in [0.15, 0.2) is 0 Å². The third-order valence-electron chi connectivity index (χ3n) is 3.03. The molecule has 0 radical (unpaired) electrons. The van der Waals surface area contributed by atoms with Crippen molar-refractivity contribution < 1.29 is 0 Å². The molecule has 0 saturated carbocycles. The number of hydrogen-bond acceptors (Lipinski definition) is 5. The maximum absolute atomic E-state index is 4.34. The second kappa shape index (κ2) is 6.52. The van der Waals surface area contributed by atoms with E-state index in [1.165, 1.54) is 5.56 Å². The van der Waals surface area contributed by atoms with Gasteiger partial charge in [-0.05, 0) is 44.9 Å². The first-order valence-corrected chi connectivity index (χ1v) is 7.14. The van der Waals surface area contributed by atoms with Crippen LogP contribution >= 0.6 is 0 Å². The molecule has 0 unspecified atom stereocenters. The highest BCUT2D eigenvalue weighted by molar-refractivity contribution is 5.49. The van der Waals surface area contributed by atoms with Crippen LogP contribution in [0.5, 0.6) is 0 Å². The Balaban J connectivity index is 1.99. The van der Waals surface area contributed by atoms with E-state index in [0.717, 1.165) is 24.6 Å². The molecule has 2 rings (SSSR count). The minimum absolute atomic E-state index is 0.0127. The van der Waals surface area contributed by atoms with Crippen molar-refractivity contribution in [3.63, 3.8) is 0 Å². The molecule has 5 heteroatoms. The summed E-state index contributed by atoms with van der Waals surface area (Å²) < 4.78 is 0. The van der Waals surface area contributed by atoms with Crippen LogP contribution in [-0.2, 0) is 6.42 Å². The average Bonchev–Trinajstić information content (AvgIpc) is 2.44. The van der Waals surface area contributed by atoms with Crippen molar-refractivity contribution in [3.05, 3.63) is 42.5 Å². The fourth-order valence-corrected chi connectivity index (χ4v) is 1.97. The lowest BCUT2D eigenvalue weighted by molar-refractivity contribution is 0.630. The fourth-order valence-electron chi connectivity index (χ4n) is 1.97. The first kappa shape index (κ1) is 15.2. The van der Waals surface area contributed by atoms with Gasteiger partial charge in [-0.1, -0.05) is 0 Å². The van der Waals surface area contributed by atoms with Gasteiger partial charge >= 0.3 is 0 Å². The van der Waals surface area contributed by atoms with Gasteiger partial charge in [-0.15, -0.1) is 0 Å². The van der Waals surface area contributed by atoms with E-state index in [4.69, 9.17) is 0 Å². The van der Waals surface area contributed by atoms with E-state index in [9.17, 15) is 0 Å². The van der Waals surface area contributed by atoms with Crippen molar-refractivity contribution in [2.24, 2.45) is 0 Å². The summed E-state index contributed by atoms with van der Waals surface area (Å²) >= 11 is 0. The summed E-state index contributed by atoms with van der Waals surface area (Å²) in [5.74, 6) is 1.77. The van der Waals surface area contributed by atoms with Crippen LogP contribution < -0.4 is 10.2 Å². The predicted molar refractivity (Wildman–Crippen MR) is 86.6 cm³/mol. The first-order valence-electron chi connectivity index (χ1n) is 7.14. The monoisotopic (exact) mass is 285 g/mol. The second-order valence-electron chi connectivity index (χ2n) is 6.16.